The zero-order chi connectivity index (χ0) is 22.5. The summed E-state index contributed by atoms with van der Waals surface area (Å²) in [5.74, 6) is 0.218. The van der Waals surface area contributed by atoms with Crippen LogP contribution in [-0.4, -0.2) is 5.78 Å². The number of allylic oxidation sites excluding steroid dienone is 3. The Kier molecular flexibility index (Phi) is 4.35. The van der Waals surface area contributed by atoms with Crippen LogP contribution in [0.15, 0.2) is 133 Å². The fourth-order valence-electron chi connectivity index (χ4n) is 6.14. The van der Waals surface area contributed by atoms with E-state index in [1.54, 1.807) is 0 Å². The summed E-state index contributed by atoms with van der Waals surface area (Å²) in [7, 11) is 0. The van der Waals surface area contributed by atoms with E-state index in [2.05, 4.69) is 79.4 Å². The van der Waals surface area contributed by atoms with Gasteiger partial charge in [-0.25, -0.2) is 0 Å². The highest BCUT2D eigenvalue weighted by atomic mass is 16.1. The van der Waals surface area contributed by atoms with Crippen molar-refractivity contribution in [1.82, 2.24) is 0 Å². The smallest absolute Gasteiger partial charge is 0.167 e. The van der Waals surface area contributed by atoms with Crippen LogP contribution in [0.3, 0.4) is 0 Å². The molecule has 2 aliphatic carbocycles. The number of hydrogen-bond acceptors (Lipinski definition) is 1. The third kappa shape index (κ3) is 2.51. The van der Waals surface area contributed by atoms with Gasteiger partial charge in [0, 0.05) is 0 Å². The molecule has 0 spiro atoms. The molecule has 2 unspecified atom stereocenters. The second kappa shape index (κ2) is 7.28. The van der Waals surface area contributed by atoms with Crippen LogP contribution in [0, 0.1) is 0 Å². The van der Waals surface area contributed by atoms with E-state index < -0.39 is 10.8 Å². The average Bonchev–Trinajstić information content (AvgIpc) is 3.26. The summed E-state index contributed by atoms with van der Waals surface area (Å²) in [6.45, 7) is 4.56. The number of rotatable bonds is 4. The topological polar surface area (TPSA) is 17.1 Å². The maximum Gasteiger partial charge on any atom is 0.167 e. The Hall–Kier alpha value is -3.97. The normalized spacial score (nSPS) is 23.9. The minimum absolute atomic E-state index is 0.218. The molecule has 0 heterocycles. The minimum atomic E-state index is -0.871. The van der Waals surface area contributed by atoms with Gasteiger partial charge in [-0.05, 0) is 39.8 Å². The molecule has 1 nitrogen and oxygen atoms in total. The molecule has 2 aliphatic rings. The van der Waals surface area contributed by atoms with E-state index in [1.807, 2.05) is 48.5 Å². The van der Waals surface area contributed by atoms with Crippen molar-refractivity contribution in [2.75, 3.05) is 0 Å². The van der Waals surface area contributed by atoms with Crippen LogP contribution in [0.5, 0.6) is 0 Å². The van der Waals surface area contributed by atoms with Gasteiger partial charge < -0.3 is 0 Å². The van der Waals surface area contributed by atoms with E-state index in [0.717, 1.165) is 39.0 Å². The summed E-state index contributed by atoms with van der Waals surface area (Å²) in [4.78, 5) is 14.9. The van der Waals surface area contributed by atoms with E-state index in [1.165, 1.54) is 0 Å². The Morgan fingerprint density at radius 1 is 0.545 bits per heavy atom. The molecule has 2 bridgehead atoms. The first-order valence-corrected chi connectivity index (χ1v) is 11.4. The first-order valence-electron chi connectivity index (χ1n) is 11.4. The molecule has 0 amide bonds. The second-order valence-corrected chi connectivity index (χ2v) is 8.98. The van der Waals surface area contributed by atoms with Crippen LogP contribution in [0.25, 0.3) is 11.1 Å². The van der Waals surface area contributed by atoms with Crippen LogP contribution >= 0.6 is 0 Å². The number of carbonyl (C=O) groups is 1. The fraction of sp³-hybridized carbons (Fsp3) is 0.0938. The van der Waals surface area contributed by atoms with Gasteiger partial charge in [0.25, 0.3) is 0 Å². The zero-order valence-electron chi connectivity index (χ0n) is 18.4. The number of Topliss-reactive ketones (excluding diaryl/α,β-unsaturated/α-hetero) is 1. The molecule has 158 valence electrons. The van der Waals surface area contributed by atoms with Crippen molar-refractivity contribution in [2.24, 2.45) is 0 Å². The standard InChI is InChI=1S/C32H24O/c1-23-22-31(26-18-10-4-11-19-26)28(24-14-6-2-7-15-24)29(25-16-8-3-9-17-25)32(23,30(31)33)27-20-12-5-13-21-27/h2-21H,1,22H2. The number of fused-ring (bicyclic) bond motifs is 2. The molecule has 0 aromatic heterocycles. The lowest BCUT2D eigenvalue weighted by Crippen LogP contribution is -2.36. The van der Waals surface area contributed by atoms with Crippen LogP contribution < -0.4 is 0 Å². The summed E-state index contributed by atoms with van der Waals surface area (Å²) in [6.07, 6.45) is 0.616. The highest BCUT2D eigenvalue weighted by Crippen LogP contribution is 2.69. The predicted molar refractivity (Wildman–Crippen MR) is 135 cm³/mol. The Bertz CT molecular complexity index is 1380. The van der Waals surface area contributed by atoms with Crippen LogP contribution in [0.2, 0.25) is 0 Å². The Labute approximate surface area is 194 Å². The molecule has 1 saturated carbocycles. The summed E-state index contributed by atoms with van der Waals surface area (Å²) < 4.78 is 0. The fourth-order valence-corrected chi connectivity index (χ4v) is 6.14. The summed E-state index contributed by atoms with van der Waals surface area (Å²) >= 11 is 0. The molecule has 6 rings (SSSR count). The summed E-state index contributed by atoms with van der Waals surface area (Å²) in [5, 5.41) is 0. The van der Waals surface area contributed by atoms with Crippen molar-refractivity contribution in [3.05, 3.63) is 156 Å². The van der Waals surface area contributed by atoms with Gasteiger partial charge in [-0.15, -0.1) is 0 Å². The third-order valence-electron chi connectivity index (χ3n) is 7.39. The van der Waals surface area contributed by atoms with Gasteiger partial charge in [0.1, 0.15) is 5.41 Å². The van der Waals surface area contributed by atoms with Crippen molar-refractivity contribution in [3.63, 3.8) is 0 Å². The number of carbonyl (C=O) groups excluding carboxylic acids is 1. The van der Waals surface area contributed by atoms with Crippen molar-refractivity contribution < 1.29 is 4.79 Å². The maximum absolute atomic E-state index is 14.9. The highest BCUT2D eigenvalue weighted by molar-refractivity contribution is 6.31. The molecule has 0 saturated heterocycles. The van der Waals surface area contributed by atoms with Crippen molar-refractivity contribution in [3.8, 4) is 0 Å². The zero-order valence-corrected chi connectivity index (χ0v) is 18.4. The third-order valence-corrected chi connectivity index (χ3v) is 7.39. The number of benzene rings is 4. The number of hydrogen-bond donors (Lipinski definition) is 0. The minimum Gasteiger partial charge on any atom is -0.297 e. The molecule has 1 fully saturated rings. The van der Waals surface area contributed by atoms with E-state index in [9.17, 15) is 4.79 Å². The van der Waals surface area contributed by atoms with E-state index in [-0.39, 0.29) is 5.78 Å². The van der Waals surface area contributed by atoms with Gasteiger partial charge in [-0.1, -0.05) is 133 Å². The Morgan fingerprint density at radius 3 is 1.48 bits per heavy atom. The molecule has 4 aromatic carbocycles. The van der Waals surface area contributed by atoms with Gasteiger partial charge in [0.15, 0.2) is 5.78 Å². The van der Waals surface area contributed by atoms with Crippen molar-refractivity contribution >= 4 is 16.9 Å². The molecular weight excluding hydrogens is 400 g/mol. The Balaban J connectivity index is 1.81. The van der Waals surface area contributed by atoms with Crippen LogP contribution in [0.1, 0.15) is 28.7 Å². The van der Waals surface area contributed by atoms with Gasteiger partial charge in [0.2, 0.25) is 0 Å². The van der Waals surface area contributed by atoms with Gasteiger partial charge >= 0.3 is 0 Å². The monoisotopic (exact) mass is 424 g/mol. The molecule has 1 heteroatoms. The molecule has 33 heavy (non-hydrogen) atoms. The van der Waals surface area contributed by atoms with Crippen LogP contribution in [-0.2, 0) is 15.6 Å². The molecule has 2 atom stereocenters. The molecule has 0 aliphatic heterocycles. The molecule has 0 radical (unpaired) electrons. The maximum atomic E-state index is 14.9. The van der Waals surface area contributed by atoms with E-state index in [4.69, 9.17) is 0 Å². The molecule has 4 aromatic rings. The summed E-state index contributed by atoms with van der Waals surface area (Å²) in [5.41, 5.74) is 5.74. The first kappa shape index (κ1) is 19.7. The SMILES string of the molecule is C=C1CC2(c3ccccc3)C(=O)C1(c1ccccc1)C(c1ccccc1)=C2c1ccccc1. The molecular formula is C32H24O. The number of ketones is 1. The quantitative estimate of drug-likeness (QED) is 0.322. The predicted octanol–water partition coefficient (Wildman–Crippen LogP) is 7.02. The van der Waals surface area contributed by atoms with Crippen molar-refractivity contribution in [2.45, 2.75) is 17.3 Å². The van der Waals surface area contributed by atoms with E-state index >= 15 is 0 Å². The summed E-state index contributed by atoms with van der Waals surface area (Å²) in [6, 6.07) is 41.3. The van der Waals surface area contributed by atoms with Gasteiger partial charge in [-0.2, -0.15) is 0 Å². The lowest BCUT2D eigenvalue weighted by Gasteiger charge is -2.35. The first-order chi connectivity index (χ1) is 16.2. The lowest BCUT2D eigenvalue weighted by atomic mass is 9.66. The molecule has 0 N–H and O–H groups in total. The lowest BCUT2D eigenvalue weighted by molar-refractivity contribution is -0.122. The van der Waals surface area contributed by atoms with Crippen LogP contribution in [0.4, 0.5) is 0 Å². The average molecular weight is 425 g/mol. The van der Waals surface area contributed by atoms with E-state index in [0.29, 0.717) is 6.42 Å². The van der Waals surface area contributed by atoms with Crippen molar-refractivity contribution in [1.29, 1.82) is 0 Å². The second-order valence-electron chi connectivity index (χ2n) is 8.98. The van der Waals surface area contributed by atoms with Gasteiger partial charge in [0.05, 0.1) is 5.41 Å². The largest absolute Gasteiger partial charge is 0.297 e. The highest BCUT2D eigenvalue weighted by Gasteiger charge is 2.69. The van der Waals surface area contributed by atoms with Gasteiger partial charge in [-0.3, -0.25) is 4.79 Å². The Morgan fingerprint density at radius 2 is 0.970 bits per heavy atom.